The van der Waals surface area contributed by atoms with Crippen LogP contribution < -0.4 is 5.73 Å². The van der Waals surface area contributed by atoms with Gasteiger partial charge in [0.15, 0.2) is 0 Å². The highest BCUT2D eigenvalue weighted by molar-refractivity contribution is 5.24. The van der Waals surface area contributed by atoms with Crippen LogP contribution in [-0.2, 0) is 17.7 Å². The molecule has 0 atom stereocenters. The maximum atomic E-state index is 5.63. The van der Waals surface area contributed by atoms with E-state index < -0.39 is 0 Å². The van der Waals surface area contributed by atoms with Gasteiger partial charge in [-0.05, 0) is 44.7 Å². The number of nitrogens with two attached hydrogens (primary N) is 1. The van der Waals surface area contributed by atoms with Gasteiger partial charge in [0.1, 0.15) is 0 Å². The molecule has 1 rings (SSSR count). The molecule has 0 aliphatic heterocycles. The summed E-state index contributed by atoms with van der Waals surface area (Å²) in [7, 11) is 0. The molecule has 104 valence electrons. The van der Waals surface area contributed by atoms with Gasteiger partial charge >= 0.3 is 0 Å². The molecule has 0 saturated carbocycles. The molecule has 4 heteroatoms. The summed E-state index contributed by atoms with van der Waals surface area (Å²) in [6.07, 6.45) is 2.03. The minimum atomic E-state index is 0.679. The van der Waals surface area contributed by atoms with Gasteiger partial charge in [0.05, 0.1) is 18.8 Å². The summed E-state index contributed by atoms with van der Waals surface area (Å²) in [5, 5.41) is 4.54. The number of aryl methyl sites for hydroxylation is 1. The third-order valence-electron chi connectivity index (χ3n) is 3.21. The number of hydrogen-bond acceptors (Lipinski definition) is 3. The van der Waals surface area contributed by atoms with Crippen LogP contribution in [0.3, 0.4) is 0 Å². The van der Waals surface area contributed by atoms with E-state index in [9.17, 15) is 0 Å². The fourth-order valence-electron chi connectivity index (χ4n) is 2.03. The molecule has 0 bridgehead atoms. The van der Waals surface area contributed by atoms with Crippen molar-refractivity contribution in [3.8, 4) is 0 Å². The number of aromatic nitrogens is 2. The Morgan fingerprint density at radius 1 is 1.28 bits per heavy atom. The monoisotopic (exact) mass is 253 g/mol. The van der Waals surface area contributed by atoms with Gasteiger partial charge in [-0.3, -0.25) is 4.68 Å². The van der Waals surface area contributed by atoms with Crippen LogP contribution in [0.4, 0.5) is 0 Å². The van der Waals surface area contributed by atoms with Crippen molar-refractivity contribution < 1.29 is 4.74 Å². The standard InChI is InChI=1S/C14H27N3O/c1-11(2)6-9-18-10-8-17-13(4)14(5-7-15)12(3)16-17/h11H,5-10,15H2,1-4H3. The van der Waals surface area contributed by atoms with Crippen LogP contribution in [0.5, 0.6) is 0 Å². The number of ether oxygens (including phenoxy) is 1. The van der Waals surface area contributed by atoms with Gasteiger partial charge in [-0.1, -0.05) is 13.8 Å². The Bertz CT molecular complexity index is 358. The molecule has 4 nitrogen and oxygen atoms in total. The minimum Gasteiger partial charge on any atom is -0.380 e. The van der Waals surface area contributed by atoms with Gasteiger partial charge in [0.25, 0.3) is 0 Å². The van der Waals surface area contributed by atoms with Gasteiger partial charge in [0, 0.05) is 12.3 Å². The lowest BCUT2D eigenvalue weighted by Gasteiger charge is -2.08. The highest BCUT2D eigenvalue weighted by Crippen LogP contribution is 2.13. The predicted octanol–water partition coefficient (Wildman–Crippen LogP) is 2.06. The van der Waals surface area contributed by atoms with Crippen molar-refractivity contribution in [3.05, 3.63) is 17.0 Å². The maximum absolute atomic E-state index is 5.63. The molecule has 0 radical (unpaired) electrons. The average molecular weight is 253 g/mol. The fourth-order valence-corrected chi connectivity index (χ4v) is 2.03. The molecule has 0 aliphatic rings. The first-order chi connectivity index (χ1) is 8.56. The average Bonchev–Trinajstić information content (AvgIpc) is 2.56. The quantitative estimate of drug-likeness (QED) is 0.722. The van der Waals surface area contributed by atoms with Crippen molar-refractivity contribution in [1.29, 1.82) is 0 Å². The molecule has 0 saturated heterocycles. The maximum Gasteiger partial charge on any atom is 0.0662 e. The van der Waals surface area contributed by atoms with Crippen LogP contribution in [0.25, 0.3) is 0 Å². The smallest absolute Gasteiger partial charge is 0.0662 e. The fraction of sp³-hybridized carbons (Fsp3) is 0.786. The van der Waals surface area contributed by atoms with Crippen LogP contribution in [-0.4, -0.2) is 29.5 Å². The van der Waals surface area contributed by atoms with E-state index in [4.69, 9.17) is 10.5 Å². The second kappa shape index (κ2) is 7.54. The van der Waals surface area contributed by atoms with E-state index in [0.29, 0.717) is 12.5 Å². The molecule has 2 N–H and O–H groups in total. The molecule has 0 aliphatic carbocycles. The van der Waals surface area contributed by atoms with Crippen molar-refractivity contribution in [2.45, 2.75) is 47.1 Å². The van der Waals surface area contributed by atoms with E-state index >= 15 is 0 Å². The third kappa shape index (κ3) is 4.42. The van der Waals surface area contributed by atoms with E-state index in [-0.39, 0.29) is 0 Å². The zero-order chi connectivity index (χ0) is 13.5. The van der Waals surface area contributed by atoms with Gasteiger partial charge in [-0.15, -0.1) is 0 Å². The highest BCUT2D eigenvalue weighted by atomic mass is 16.5. The molecule has 1 aromatic rings. The lowest BCUT2D eigenvalue weighted by molar-refractivity contribution is 0.113. The minimum absolute atomic E-state index is 0.679. The Labute approximate surface area is 111 Å². The van der Waals surface area contributed by atoms with Gasteiger partial charge in [-0.2, -0.15) is 5.10 Å². The van der Waals surface area contributed by atoms with Crippen LogP contribution in [0, 0.1) is 19.8 Å². The number of rotatable bonds is 8. The highest BCUT2D eigenvalue weighted by Gasteiger charge is 2.10. The SMILES string of the molecule is Cc1nn(CCOCCC(C)C)c(C)c1CCN. The zero-order valence-corrected chi connectivity index (χ0v) is 12.2. The molecule has 1 heterocycles. The van der Waals surface area contributed by atoms with E-state index in [1.54, 1.807) is 0 Å². The second-order valence-electron chi connectivity index (χ2n) is 5.21. The van der Waals surface area contributed by atoms with Crippen molar-refractivity contribution in [2.24, 2.45) is 11.7 Å². The first-order valence-electron chi connectivity index (χ1n) is 6.87. The van der Waals surface area contributed by atoms with Crippen molar-refractivity contribution in [1.82, 2.24) is 9.78 Å². The Morgan fingerprint density at radius 3 is 2.61 bits per heavy atom. The summed E-state index contributed by atoms with van der Waals surface area (Å²) in [5.74, 6) is 0.704. The summed E-state index contributed by atoms with van der Waals surface area (Å²) in [4.78, 5) is 0. The molecular weight excluding hydrogens is 226 g/mol. The Kier molecular flexibility index (Phi) is 6.36. The van der Waals surface area contributed by atoms with Crippen molar-refractivity contribution in [3.63, 3.8) is 0 Å². The van der Waals surface area contributed by atoms with Crippen LogP contribution in [0.1, 0.15) is 37.2 Å². The van der Waals surface area contributed by atoms with Gasteiger partial charge < -0.3 is 10.5 Å². The summed E-state index contributed by atoms with van der Waals surface area (Å²) >= 11 is 0. The van der Waals surface area contributed by atoms with Gasteiger partial charge in [-0.25, -0.2) is 0 Å². The van der Waals surface area contributed by atoms with E-state index in [1.165, 1.54) is 11.3 Å². The topological polar surface area (TPSA) is 53.1 Å². The van der Waals surface area contributed by atoms with Crippen LogP contribution >= 0.6 is 0 Å². The molecule has 0 unspecified atom stereocenters. The summed E-state index contributed by atoms with van der Waals surface area (Å²) in [6, 6.07) is 0. The Morgan fingerprint density at radius 2 is 2.00 bits per heavy atom. The molecule has 0 spiro atoms. The van der Waals surface area contributed by atoms with Gasteiger partial charge in [0.2, 0.25) is 0 Å². The first kappa shape index (κ1) is 15.2. The Balaban J connectivity index is 2.40. The van der Waals surface area contributed by atoms with E-state index in [2.05, 4.69) is 25.9 Å². The zero-order valence-electron chi connectivity index (χ0n) is 12.2. The lowest BCUT2D eigenvalue weighted by Crippen LogP contribution is -2.11. The van der Waals surface area contributed by atoms with Crippen molar-refractivity contribution >= 4 is 0 Å². The van der Waals surface area contributed by atoms with Crippen LogP contribution in [0.15, 0.2) is 0 Å². The summed E-state index contributed by atoms with van der Waals surface area (Å²) < 4.78 is 7.66. The molecular formula is C14H27N3O. The van der Waals surface area contributed by atoms with E-state index in [0.717, 1.165) is 38.3 Å². The first-order valence-corrected chi connectivity index (χ1v) is 6.87. The summed E-state index contributed by atoms with van der Waals surface area (Å²) in [6.45, 7) is 11.7. The number of nitrogens with zero attached hydrogens (tertiary/aromatic N) is 2. The normalized spacial score (nSPS) is 11.4. The Hall–Kier alpha value is -0.870. The lowest BCUT2D eigenvalue weighted by atomic mass is 10.1. The molecule has 0 aromatic carbocycles. The predicted molar refractivity (Wildman–Crippen MR) is 74.7 cm³/mol. The molecule has 0 amide bonds. The van der Waals surface area contributed by atoms with Crippen LogP contribution in [0.2, 0.25) is 0 Å². The molecule has 0 fully saturated rings. The third-order valence-corrected chi connectivity index (χ3v) is 3.21. The molecule has 18 heavy (non-hydrogen) atoms. The molecule has 1 aromatic heterocycles. The second-order valence-corrected chi connectivity index (χ2v) is 5.21. The van der Waals surface area contributed by atoms with Crippen molar-refractivity contribution in [2.75, 3.05) is 19.8 Å². The summed E-state index contributed by atoms with van der Waals surface area (Å²) in [5.41, 5.74) is 9.23. The largest absolute Gasteiger partial charge is 0.380 e. The number of hydrogen-bond donors (Lipinski definition) is 1. The van der Waals surface area contributed by atoms with E-state index in [1.807, 2.05) is 11.6 Å².